The lowest BCUT2D eigenvalue weighted by atomic mass is 10.3. The standard InChI is InChI=1S/C6H8N2O6S3/c7-8-6-4(16(11)12)1-3(15(9)10)2-5(6)17(13)14/h1-2,8H,7H2,(H,9,10)(H,11,12)(H,13,14)/p-3. The zero-order valence-corrected chi connectivity index (χ0v) is 10.4. The van der Waals surface area contributed by atoms with Crippen molar-refractivity contribution in [2.45, 2.75) is 14.7 Å². The quantitative estimate of drug-likeness (QED) is 0.393. The van der Waals surface area contributed by atoms with Gasteiger partial charge in [-0.2, -0.15) is 0 Å². The van der Waals surface area contributed by atoms with E-state index in [2.05, 4.69) is 0 Å². The van der Waals surface area contributed by atoms with Crippen LogP contribution in [0.25, 0.3) is 0 Å². The molecule has 3 atom stereocenters. The van der Waals surface area contributed by atoms with Gasteiger partial charge < -0.3 is 19.1 Å². The molecule has 0 aromatic heterocycles. The summed E-state index contributed by atoms with van der Waals surface area (Å²) in [5.74, 6) is 5.00. The van der Waals surface area contributed by atoms with Crippen LogP contribution in [0.5, 0.6) is 0 Å². The van der Waals surface area contributed by atoms with Crippen LogP contribution in [0.3, 0.4) is 0 Å². The van der Waals surface area contributed by atoms with Crippen LogP contribution in [0, 0.1) is 0 Å². The minimum Gasteiger partial charge on any atom is -0.768 e. The van der Waals surface area contributed by atoms with E-state index in [1.807, 2.05) is 5.43 Å². The predicted octanol–water partition coefficient (Wildman–Crippen LogP) is -1.31. The molecule has 0 radical (unpaired) electrons. The first-order valence-corrected chi connectivity index (χ1v) is 7.03. The molecule has 0 saturated heterocycles. The molecule has 0 aliphatic carbocycles. The van der Waals surface area contributed by atoms with Gasteiger partial charge in [-0.15, -0.1) is 0 Å². The Hall–Kier alpha value is -0.690. The molecule has 1 aromatic carbocycles. The van der Waals surface area contributed by atoms with E-state index in [1.54, 1.807) is 0 Å². The fraction of sp³-hybridized carbons (Fsp3) is 0. The number of nitrogens with one attached hydrogen (secondary N) is 1. The van der Waals surface area contributed by atoms with Crippen LogP contribution >= 0.6 is 0 Å². The normalized spacial score (nSPS) is 16.2. The van der Waals surface area contributed by atoms with Gasteiger partial charge in [0, 0.05) is 4.90 Å². The van der Waals surface area contributed by atoms with Gasteiger partial charge in [0.25, 0.3) is 0 Å². The van der Waals surface area contributed by atoms with Crippen molar-refractivity contribution < 1.29 is 26.3 Å². The van der Waals surface area contributed by atoms with Gasteiger partial charge in [-0.1, -0.05) is 0 Å². The molecule has 0 saturated carbocycles. The maximum absolute atomic E-state index is 10.8. The smallest absolute Gasteiger partial charge is 0.0787 e. The predicted molar refractivity (Wildman–Crippen MR) is 55.8 cm³/mol. The molecule has 3 N–H and O–H groups in total. The highest BCUT2D eigenvalue weighted by molar-refractivity contribution is 7.81. The second-order valence-electron chi connectivity index (χ2n) is 2.64. The summed E-state index contributed by atoms with van der Waals surface area (Å²) in [6.45, 7) is 0. The third kappa shape index (κ3) is 3.16. The Morgan fingerprint density at radius 2 is 1.35 bits per heavy atom. The molecule has 0 heterocycles. The lowest BCUT2D eigenvalue weighted by Crippen LogP contribution is -2.14. The van der Waals surface area contributed by atoms with Gasteiger partial charge in [-0.05, 0) is 45.4 Å². The number of anilines is 1. The SMILES string of the molecule is NNc1c(S(=O)[O-])cc(S(=O)[O-])cc1S(=O)[O-]. The first-order chi connectivity index (χ1) is 7.88. The molecular formula is C6H5N2O6S3-3. The number of hydrogen-bond acceptors (Lipinski definition) is 8. The molecule has 1 rings (SSSR count). The lowest BCUT2D eigenvalue weighted by Gasteiger charge is -2.19. The van der Waals surface area contributed by atoms with Gasteiger partial charge in [0.15, 0.2) is 0 Å². The number of nitrogen functional groups attached to an aromatic ring is 1. The van der Waals surface area contributed by atoms with Gasteiger partial charge in [-0.25, -0.2) is 0 Å². The van der Waals surface area contributed by atoms with Crippen molar-refractivity contribution in [1.82, 2.24) is 0 Å². The number of benzene rings is 1. The van der Waals surface area contributed by atoms with Crippen LogP contribution < -0.4 is 11.3 Å². The van der Waals surface area contributed by atoms with E-state index in [0.29, 0.717) is 0 Å². The number of hydrogen-bond donors (Lipinski definition) is 2. The number of rotatable bonds is 4. The van der Waals surface area contributed by atoms with E-state index in [1.165, 1.54) is 0 Å². The van der Waals surface area contributed by atoms with Crippen molar-refractivity contribution in [2.75, 3.05) is 5.43 Å². The van der Waals surface area contributed by atoms with Crippen molar-refractivity contribution in [2.24, 2.45) is 5.84 Å². The van der Waals surface area contributed by atoms with Crippen LogP contribution in [-0.4, -0.2) is 26.3 Å². The molecule has 1 aromatic rings. The first-order valence-electron chi connectivity index (χ1n) is 3.81. The van der Waals surface area contributed by atoms with Crippen molar-refractivity contribution in [1.29, 1.82) is 0 Å². The lowest BCUT2D eigenvalue weighted by molar-refractivity contribution is 0.532. The fourth-order valence-corrected chi connectivity index (χ4v) is 2.83. The molecule has 17 heavy (non-hydrogen) atoms. The van der Waals surface area contributed by atoms with E-state index < -0.39 is 47.9 Å². The average molecular weight is 297 g/mol. The van der Waals surface area contributed by atoms with Gasteiger partial charge in [-0.3, -0.25) is 18.5 Å². The van der Waals surface area contributed by atoms with Crippen molar-refractivity contribution >= 4 is 38.9 Å². The van der Waals surface area contributed by atoms with Crippen LogP contribution in [0.2, 0.25) is 0 Å². The molecule has 96 valence electrons. The summed E-state index contributed by atoms with van der Waals surface area (Å²) in [6.07, 6.45) is 0. The summed E-state index contributed by atoms with van der Waals surface area (Å²) in [4.78, 5) is -1.57. The van der Waals surface area contributed by atoms with Gasteiger partial charge in [0.2, 0.25) is 0 Å². The monoisotopic (exact) mass is 297 g/mol. The summed E-state index contributed by atoms with van der Waals surface area (Å²) in [6, 6.07) is 1.58. The van der Waals surface area contributed by atoms with E-state index in [0.717, 1.165) is 12.1 Å². The molecular weight excluding hydrogens is 292 g/mol. The fourth-order valence-electron chi connectivity index (χ4n) is 1.07. The number of nitrogens with two attached hydrogens (primary N) is 1. The van der Waals surface area contributed by atoms with E-state index in [-0.39, 0.29) is 5.69 Å². The van der Waals surface area contributed by atoms with Crippen LogP contribution in [0.1, 0.15) is 0 Å². The number of hydrazine groups is 1. The van der Waals surface area contributed by atoms with Gasteiger partial charge in [0.05, 0.1) is 15.5 Å². The third-order valence-corrected chi connectivity index (χ3v) is 3.72. The van der Waals surface area contributed by atoms with E-state index in [4.69, 9.17) is 5.84 Å². The Kier molecular flexibility index (Phi) is 4.88. The topological polar surface area (TPSA) is 158 Å². The molecule has 3 unspecified atom stereocenters. The summed E-state index contributed by atoms with van der Waals surface area (Å²) < 4.78 is 64.7. The highest BCUT2D eigenvalue weighted by atomic mass is 32.2. The maximum Gasteiger partial charge on any atom is 0.0787 e. The Bertz CT molecular complexity index is 483. The molecule has 8 nitrogen and oxygen atoms in total. The van der Waals surface area contributed by atoms with Crippen LogP contribution in [0.4, 0.5) is 5.69 Å². The minimum absolute atomic E-state index is 0.388. The Balaban J connectivity index is 3.63. The van der Waals surface area contributed by atoms with Crippen molar-refractivity contribution in [3.8, 4) is 0 Å². The Morgan fingerprint density at radius 1 is 0.941 bits per heavy atom. The Morgan fingerprint density at radius 3 is 1.59 bits per heavy atom. The van der Waals surface area contributed by atoms with Gasteiger partial charge in [0.1, 0.15) is 0 Å². The maximum atomic E-state index is 10.8. The van der Waals surface area contributed by atoms with E-state index in [9.17, 15) is 26.3 Å². The zero-order chi connectivity index (χ0) is 13.2. The molecule has 0 fully saturated rings. The molecule has 0 aliphatic heterocycles. The van der Waals surface area contributed by atoms with E-state index >= 15 is 0 Å². The molecule has 11 heteroatoms. The van der Waals surface area contributed by atoms with Crippen LogP contribution in [-0.2, 0) is 33.2 Å². The second kappa shape index (κ2) is 5.77. The van der Waals surface area contributed by atoms with Gasteiger partial charge >= 0.3 is 0 Å². The van der Waals surface area contributed by atoms with Crippen molar-refractivity contribution in [3.63, 3.8) is 0 Å². The summed E-state index contributed by atoms with van der Waals surface area (Å²) in [5.41, 5.74) is 1.52. The average Bonchev–Trinajstić information content (AvgIpc) is 2.26. The highest BCUT2D eigenvalue weighted by Gasteiger charge is 2.12. The van der Waals surface area contributed by atoms with Crippen molar-refractivity contribution in [3.05, 3.63) is 12.1 Å². The summed E-state index contributed by atoms with van der Waals surface area (Å²) >= 11 is -8.42. The second-order valence-corrected chi connectivity index (χ2v) is 5.40. The van der Waals surface area contributed by atoms with Crippen LogP contribution in [0.15, 0.2) is 26.8 Å². The minimum atomic E-state index is -2.83. The zero-order valence-electron chi connectivity index (χ0n) is 7.91. The largest absolute Gasteiger partial charge is 0.768 e. The highest BCUT2D eigenvalue weighted by Crippen LogP contribution is 2.28. The Labute approximate surface area is 103 Å². The third-order valence-electron chi connectivity index (χ3n) is 1.74. The molecule has 0 bridgehead atoms. The molecule has 0 aliphatic rings. The molecule has 0 spiro atoms. The molecule has 0 amide bonds. The summed E-state index contributed by atoms with van der Waals surface area (Å²) in [7, 11) is 0. The first kappa shape index (κ1) is 14.4. The summed E-state index contributed by atoms with van der Waals surface area (Å²) in [5, 5.41) is 0.